The maximum atomic E-state index is 13.1. The van der Waals surface area contributed by atoms with Crippen LogP contribution < -0.4 is 15.4 Å². The highest BCUT2D eigenvalue weighted by Gasteiger charge is 2.10. The Labute approximate surface area is 131 Å². The maximum Gasteiger partial charge on any atom is 0.252 e. The van der Waals surface area contributed by atoms with Crippen molar-refractivity contribution in [1.82, 2.24) is 5.32 Å². The number of halogens is 1. The molecule has 116 valence electrons. The summed E-state index contributed by atoms with van der Waals surface area (Å²) in [7, 11) is 1.39. The van der Waals surface area contributed by atoms with E-state index in [-0.39, 0.29) is 30.5 Å². The van der Waals surface area contributed by atoms with Gasteiger partial charge < -0.3 is 15.4 Å². The number of thiophene rings is 1. The molecule has 0 aliphatic heterocycles. The Morgan fingerprint density at radius 3 is 2.82 bits per heavy atom. The average Bonchev–Trinajstić information content (AvgIpc) is 3.03. The molecule has 0 aliphatic carbocycles. The van der Waals surface area contributed by atoms with Crippen LogP contribution in [0, 0.1) is 5.82 Å². The van der Waals surface area contributed by atoms with E-state index in [1.54, 1.807) is 11.4 Å². The van der Waals surface area contributed by atoms with E-state index in [9.17, 15) is 14.0 Å². The number of hydrogen-bond acceptors (Lipinski definition) is 4. The molecule has 0 aliphatic rings. The van der Waals surface area contributed by atoms with Crippen LogP contribution in [0.15, 0.2) is 35.0 Å². The van der Waals surface area contributed by atoms with Crippen LogP contribution in [-0.2, 0) is 4.79 Å². The lowest BCUT2D eigenvalue weighted by molar-refractivity contribution is -0.116. The van der Waals surface area contributed by atoms with E-state index in [1.165, 1.54) is 36.6 Å². The molecule has 5 nitrogen and oxygen atoms in total. The first-order valence-corrected chi connectivity index (χ1v) is 7.48. The van der Waals surface area contributed by atoms with E-state index in [0.29, 0.717) is 11.3 Å². The summed E-state index contributed by atoms with van der Waals surface area (Å²) in [6.07, 6.45) is 0.108. The molecular formula is C15H15FN2O3S. The second-order valence-electron chi connectivity index (χ2n) is 4.41. The molecule has 0 fully saturated rings. The first-order chi connectivity index (χ1) is 10.6. The van der Waals surface area contributed by atoms with Crippen molar-refractivity contribution in [3.8, 4) is 5.75 Å². The van der Waals surface area contributed by atoms with Crippen LogP contribution in [0.4, 0.5) is 10.1 Å². The van der Waals surface area contributed by atoms with Gasteiger partial charge in [0.05, 0.1) is 12.8 Å². The van der Waals surface area contributed by atoms with E-state index in [0.717, 1.165) is 0 Å². The summed E-state index contributed by atoms with van der Waals surface area (Å²) in [5, 5.41) is 8.82. The minimum absolute atomic E-state index is 0.108. The molecule has 2 amide bonds. The molecule has 2 aromatic rings. The number of ether oxygens (including phenoxy) is 1. The lowest BCUT2D eigenvalue weighted by Gasteiger charge is -2.10. The lowest BCUT2D eigenvalue weighted by atomic mass is 10.2. The molecule has 0 radical (unpaired) electrons. The number of benzene rings is 1. The molecule has 2 N–H and O–H groups in total. The highest BCUT2D eigenvalue weighted by Crippen LogP contribution is 2.24. The first kappa shape index (κ1) is 16.0. The summed E-state index contributed by atoms with van der Waals surface area (Å²) in [6.45, 7) is 0.212. The number of nitrogens with one attached hydrogen (secondary N) is 2. The van der Waals surface area contributed by atoms with Gasteiger partial charge in [-0.1, -0.05) is 0 Å². The van der Waals surface area contributed by atoms with Crippen molar-refractivity contribution >= 4 is 28.8 Å². The predicted octanol–water partition coefficient (Wildman–Crippen LogP) is 2.65. The third-order valence-corrected chi connectivity index (χ3v) is 3.54. The van der Waals surface area contributed by atoms with E-state index in [1.807, 2.05) is 5.38 Å². The van der Waals surface area contributed by atoms with Crippen LogP contribution in [0.25, 0.3) is 0 Å². The molecule has 0 atom stereocenters. The van der Waals surface area contributed by atoms with Crippen LogP contribution in [0.2, 0.25) is 0 Å². The minimum Gasteiger partial charge on any atom is -0.494 e. The largest absolute Gasteiger partial charge is 0.494 e. The summed E-state index contributed by atoms with van der Waals surface area (Å²) in [6, 6.07) is 5.56. The van der Waals surface area contributed by atoms with Gasteiger partial charge in [-0.2, -0.15) is 11.3 Å². The van der Waals surface area contributed by atoms with E-state index < -0.39 is 5.82 Å². The summed E-state index contributed by atoms with van der Waals surface area (Å²) in [5.41, 5.74) is 0.962. The van der Waals surface area contributed by atoms with Crippen LogP contribution in [-0.4, -0.2) is 25.5 Å². The lowest BCUT2D eigenvalue weighted by Crippen LogP contribution is -2.27. The SMILES string of the molecule is COc1cc(F)ccc1NC(=O)CCNC(=O)c1ccsc1. The van der Waals surface area contributed by atoms with E-state index in [4.69, 9.17) is 4.74 Å². The molecule has 0 spiro atoms. The standard InChI is InChI=1S/C15H15FN2O3S/c1-21-13-8-11(16)2-3-12(13)18-14(19)4-6-17-15(20)10-5-7-22-9-10/h2-3,5,7-9H,4,6H2,1H3,(H,17,20)(H,18,19). The predicted molar refractivity (Wildman–Crippen MR) is 82.9 cm³/mol. The summed E-state index contributed by atoms with van der Waals surface area (Å²) in [5.74, 6) is -0.711. The van der Waals surface area contributed by atoms with Gasteiger partial charge in [-0.15, -0.1) is 0 Å². The van der Waals surface area contributed by atoms with Gasteiger partial charge in [0, 0.05) is 30.0 Å². The molecule has 0 unspecified atom stereocenters. The van der Waals surface area contributed by atoms with Crippen LogP contribution in [0.5, 0.6) is 5.75 Å². The maximum absolute atomic E-state index is 13.1. The van der Waals surface area contributed by atoms with Gasteiger partial charge in [-0.3, -0.25) is 9.59 Å². The number of carbonyl (C=O) groups excluding carboxylic acids is 2. The second kappa shape index (κ2) is 7.56. The molecule has 0 saturated carbocycles. The molecule has 1 aromatic carbocycles. The smallest absolute Gasteiger partial charge is 0.252 e. The highest BCUT2D eigenvalue weighted by molar-refractivity contribution is 7.08. The Morgan fingerprint density at radius 2 is 2.14 bits per heavy atom. The molecule has 7 heteroatoms. The number of hydrogen-bond donors (Lipinski definition) is 2. The van der Waals surface area contributed by atoms with Gasteiger partial charge in [0.2, 0.25) is 5.91 Å². The molecule has 2 rings (SSSR count). The van der Waals surface area contributed by atoms with Crippen molar-refractivity contribution in [3.05, 3.63) is 46.4 Å². The Kier molecular flexibility index (Phi) is 5.48. The molecule has 0 bridgehead atoms. The number of methoxy groups -OCH3 is 1. The van der Waals surface area contributed by atoms with Gasteiger partial charge in [-0.25, -0.2) is 4.39 Å². The Hall–Kier alpha value is -2.41. The fourth-order valence-corrected chi connectivity index (χ4v) is 2.40. The number of amides is 2. The topological polar surface area (TPSA) is 67.4 Å². The van der Waals surface area contributed by atoms with Crippen molar-refractivity contribution < 1.29 is 18.7 Å². The fraction of sp³-hybridized carbons (Fsp3) is 0.200. The van der Waals surface area contributed by atoms with Crippen molar-refractivity contribution in [2.45, 2.75) is 6.42 Å². The zero-order chi connectivity index (χ0) is 15.9. The number of rotatable bonds is 6. The third-order valence-electron chi connectivity index (χ3n) is 2.86. The number of carbonyl (C=O) groups is 2. The van der Waals surface area contributed by atoms with Crippen LogP contribution in [0.1, 0.15) is 16.8 Å². The Bertz CT molecular complexity index is 659. The Morgan fingerprint density at radius 1 is 1.32 bits per heavy atom. The molecule has 0 saturated heterocycles. The van der Waals surface area contributed by atoms with Crippen LogP contribution >= 0.6 is 11.3 Å². The monoisotopic (exact) mass is 322 g/mol. The molecular weight excluding hydrogens is 307 g/mol. The van der Waals surface area contributed by atoms with Crippen molar-refractivity contribution in [3.63, 3.8) is 0 Å². The zero-order valence-corrected chi connectivity index (χ0v) is 12.7. The van der Waals surface area contributed by atoms with Gasteiger partial charge in [-0.05, 0) is 23.6 Å². The quantitative estimate of drug-likeness (QED) is 0.859. The summed E-state index contributed by atoms with van der Waals surface area (Å²) >= 11 is 1.43. The molecule has 1 aromatic heterocycles. The fourth-order valence-electron chi connectivity index (χ4n) is 1.77. The third kappa shape index (κ3) is 4.29. The van der Waals surface area contributed by atoms with Gasteiger partial charge in [0.15, 0.2) is 0 Å². The molecule has 22 heavy (non-hydrogen) atoms. The minimum atomic E-state index is -0.446. The van der Waals surface area contributed by atoms with Crippen molar-refractivity contribution in [2.24, 2.45) is 0 Å². The number of anilines is 1. The second-order valence-corrected chi connectivity index (χ2v) is 5.19. The van der Waals surface area contributed by atoms with Gasteiger partial charge in [0.1, 0.15) is 11.6 Å². The van der Waals surface area contributed by atoms with Crippen molar-refractivity contribution in [1.29, 1.82) is 0 Å². The normalized spacial score (nSPS) is 10.1. The summed E-state index contributed by atoms with van der Waals surface area (Å²) in [4.78, 5) is 23.5. The average molecular weight is 322 g/mol. The zero-order valence-electron chi connectivity index (χ0n) is 11.9. The van der Waals surface area contributed by atoms with Gasteiger partial charge in [0.25, 0.3) is 5.91 Å². The molecule has 1 heterocycles. The van der Waals surface area contributed by atoms with E-state index in [2.05, 4.69) is 10.6 Å². The van der Waals surface area contributed by atoms with E-state index >= 15 is 0 Å². The Balaban J connectivity index is 1.82. The highest BCUT2D eigenvalue weighted by atomic mass is 32.1. The summed E-state index contributed by atoms with van der Waals surface area (Å²) < 4.78 is 18.1. The van der Waals surface area contributed by atoms with Gasteiger partial charge >= 0.3 is 0 Å². The van der Waals surface area contributed by atoms with Crippen LogP contribution in [0.3, 0.4) is 0 Å². The first-order valence-electron chi connectivity index (χ1n) is 6.54. The van der Waals surface area contributed by atoms with Crippen molar-refractivity contribution in [2.75, 3.05) is 19.0 Å².